The predicted molar refractivity (Wildman–Crippen MR) is 85.2 cm³/mol. The van der Waals surface area contributed by atoms with Crippen molar-refractivity contribution in [2.75, 3.05) is 33.2 Å². The molecule has 0 aliphatic carbocycles. The Balaban J connectivity index is 2.33. The van der Waals surface area contributed by atoms with E-state index in [-0.39, 0.29) is 0 Å². The van der Waals surface area contributed by atoms with Gasteiger partial charge >= 0.3 is 6.18 Å². The second-order valence-electron chi connectivity index (χ2n) is 5.15. The molecule has 2 N–H and O–H groups in total. The SMILES string of the molecule is CCNC(=NCc1ccccn1)NCCCN(C)CC(F)(F)F. The summed E-state index contributed by atoms with van der Waals surface area (Å²) in [5.74, 6) is 0.636. The van der Waals surface area contributed by atoms with Gasteiger partial charge in [-0.3, -0.25) is 9.88 Å². The van der Waals surface area contributed by atoms with Crippen LogP contribution in [0.5, 0.6) is 0 Å². The Hall–Kier alpha value is -1.83. The molecule has 0 aromatic carbocycles. The van der Waals surface area contributed by atoms with Gasteiger partial charge in [0, 0.05) is 19.3 Å². The molecule has 0 bridgehead atoms. The first kappa shape index (κ1) is 19.2. The molecule has 0 radical (unpaired) electrons. The number of nitrogens with one attached hydrogen (secondary N) is 2. The molecular weight excluding hydrogens is 307 g/mol. The minimum atomic E-state index is -4.15. The van der Waals surface area contributed by atoms with E-state index in [1.807, 2.05) is 25.1 Å². The Morgan fingerprint density at radius 3 is 2.70 bits per heavy atom. The molecule has 130 valence electrons. The summed E-state index contributed by atoms with van der Waals surface area (Å²) in [6, 6.07) is 5.63. The summed E-state index contributed by atoms with van der Waals surface area (Å²) >= 11 is 0. The molecule has 0 aliphatic heterocycles. The fourth-order valence-corrected chi connectivity index (χ4v) is 1.93. The van der Waals surface area contributed by atoms with Crippen LogP contribution in [0.25, 0.3) is 0 Å². The van der Waals surface area contributed by atoms with Crippen LogP contribution < -0.4 is 10.6 Å². The topological polar surface area (TPSA) is 52.6 Å². The molecule has 0 atom stereocenters. The molecule has 0 saturated carbocycles. The van der Waals surface area contributed by atoms with Crippen LogP contribution in [0.4, 0.5) is 13.2 Å². The zero-order valence-corrected chi connectivity index (χ0v) is 13.5. The number of rotatable bonds is 8. The Morgan fingerprint density at radius 1 is 1.30 bits per heavy atom. The fourth-order valence-electron chi connectivity index (χ4n) is 1.93. The lowest BCUT2D eigenvalue weighted by Gasteiger charge is -2.18. The molecule has 0 fully saturated rings. The first-order valence-electron chi connectivity index (χ1n) is 7.58. The van der Waals surface area contributed by atoms with Crippen molar-refractivity contribution in [3.8, 4) is 0 Å². The highest BCUT2D eigenvalue weighted by atomic mass is 19.4. The maximum atomic E-state index is 12.2. The van der Waals surface area contributed by atoms with Gasteiger partial charge in [-0.1, -0.05) is 6.07 Å². The number of hydrogen-bond donors (Lipinski definition) is 2. The van der Waals surface area contributed by atoms with Crippen LogP contribution in [0.3, 0.4) is 0 Å². The maximum Gasteiger partial charge on any atom is 0.401 e. The van der Waals surface area contributed by atoms with Crippen molar-refractivity contribution in [1.29, 1.82) is 0 Å². The van der Waals surface area contributed by atoms with Gasteiger partial charge in [-0.2, -0.15) is 13.2 Å². The van der Waals surface area contributed by atoms with Crippen LogP contribution in [0, 0.1) is 0 Å². The van der Waals surface area contributed by atoms with Gasteiger partial charge in [-0.15, -0.1) is 0 Å². The Bertz CT molecular complexity index is 462. The van der Waals surface area contributed by atoms with Crippen LogP contribution in [0.2, 0.25) is 0 Å². The quantitative estimate of drug-likeness (QED) is 0.435. The van der Waals surface area contributed by atoms with Crippen LogP contribution in [0.1, 0.15) is 19.0 Å². The van der Waals surface area contributed by atoms with Crippen molar-refractivity contribution >= 4 is 5.96 Å². The highest BCUT2D eigenvalue weighted by Gasteiger charge is 2.28. The van der Waals surface area contributed by atoms with Crippen molar-refractivity contribution in [3.63, 3.8) is 0 Å². The van der Waals surface area contributed by atoms with E-state index in [9.17, 15) is 13.2 Å². The Labute approximate surface area is 135 Å². The van der Waals surface area contributed by atoms with Gasteiger partial charge in [0.25, 0.3) is 0 Å². The van der Waals surface area contributed by atoms with Crippen LogP contribution in [0.15, 0.2) is 29.4 Å². The smallest absolute Gasteiger partial charge is 0.357 e. The van der Waals surface area contributed by atoms with Gasteiger partial charge in [-0.25, -0.2) is 4.99 Å². The average Bonchev–Trinajstić information content (AvgIpc) is 2.48. The molecule has 0 saturated heterocycles. The van der Waals surface area contributed by atoms with E-state index < -0.39 is 12.7 Å². The van der Waals surface area contributed by atoms with Crippen LogP contribution in [-0.4, -0.2) is 55.2 Å². The van der Waals surface area contributed by atoms with E-state index >= 15 is 0 Å². The summed E-state index contributed by atoms with van der Waals surface area (Å²) in [7, 11) is 1.47. The van der Waals surface area contributed by atoms with Gasteiger partial charge in [0.2, 0.25) is 0 Å². The van der Waals surface area contributed by atoms with Gasteiger partial charge < -0.3 is 10.6 Å². The van der Waals surface area contributed by atoms with E-state index in [4.69, 9.17) is 0 Å². The summed E-state index contributed by atoms with van der Waals surface area (Å²) < 4.78 is 36.6. The minimum absolute atomic E-state index is 0.367. The van der Waals surface area contributed by atoms with Crippen molar-refractivity contribution in [2.24, 2.45) is 4.99 Å². The molecule has 1 rings (SSSR count). The third-order valence-corrected chi connectivity index (χ3v) is 2.93. The summed E-state index contributed by atoms with van der Waals surface area (Å²) in [5.41, 5.74) is 0.856. The average molecular weight is 331 g/mol. The maximum absolute atomic E-state index is 12.2. The van der Waals surface area contributed by atoms with Crippen molar-refractivity contribution in [1.82, 2.24) is 20.5 Å². The van der Waals surface area contributed by atoms with Gasteiger partial charge in [0.1, 0.15) is 0 Å². The molecule has 0 aliphatic rings. The lowest BCUT2D eigenvalue weighted by Crippen LogP contribution is -2.39. The first-order chi connectivity index (χ1) is 10.9. The summed E-state index contributed by atoms with van der Waals surface area (Å²) in [4.78, 5) is 9.85. The van der Waals surface area contributed by atoms with E-state index in [1.165, 1.54) is 11.9 Å². The van der Waals surface area contributed by atoms with Gasteiger partial charge in [0.15, 0.2) is 5.96 Å². The van der Waals surface area contributed by atoms with Crippen LogP contribution in [-0.2, 0) is 6.54 Å². The predicted octanol–water partition coefficient (Wildman–Crippen LogP) is 2.02. The van der Waals surface area contributed by atoms with Crippen molar-refractivity contribution in [3.05, 3.63) is 30.1 Å². The zero-order valence-electron chi connectivity index (χ0n) is 13.5. The summed E-state index contributed by atoms with van der Waals surface area (Å²) in [6.45, 7) is 3.14. The second kappa shape index (κ2) is 10.0. The molecule has 1 aromatic rings. The Kier molecular flexibility index (Phi) is 8.39. The molecule has 0 unspecified atom stereocenters. The summed E-state index contributed by atoms with van der Waals surface area (Å²) in [5, 5.41) is 6.21. The zero-order chi connectivity index (χ0) is 17.1. The molecule has 8 heteroatoms. The van der Waals surface area contributed by atoms with E-state index in [0.29, 0.717) is 38.6 Å². The number of aliphatic imine (C=N–C) groups is 1. The lowest BCUT2D eigenvalue weighted by atomic mass is 10.3. The number of alkyl halides is 3. The van der Waals surface area contributed by atoms with E-state index in [2.05, 4.69) is 20.6 Å². The molecule has 23 heavy (non-hydrogen) atoms. The van der Waals surface area contributed by atoms with E-state index in [0.717, 1.165) is 5.69 Å². The van der Waals surface area contributed by atoms with Crippen molar-refractivity contribution in [2.45, 2.75) is 26.1 Å². The number of hydrogen-bond acceptors (Lipinski definition) is 3. The molecule has 5 nitrogen and oxygen atoms in total. The fraction of sp³-hybridized carbons (Fsp3) is 0.600. The largest absolute Gasteiger partial charge is 0.401 e. The third kappa shape index (κ3) is 9.72. The number of pyridine rings is 1. The Morgan fingerprint density at radius 2 is 2.09 bits per heavy atom. The monoisotopic (exact) mass is 331 g/mol. The molecular formula is C15H24F3N5. The normalized spacial score (nSPS) is 12.5. The highest BCUT2D eigenvalue weighted by Crippen LogP contribution is 2.15. The highest BCUT2D eigenvalue weighted by molar-refractivity contribution is 5.79. The number of nitrogens with zero attached hydrogens (tertiary/aromatic N) is 3. The number of aromatic nitrogens is 1. The van der Waals surface area contributed by atoms with E-state index in [1.54, 1.807) is 6.20 Å². The first-order valence-corrected chi connectivity index (χ1v) is 7.58. The molecule has 0 amide bonds. The molecule has 0 spiro atoms. The number of halogens is 3. The van der Waals surface area contributed by atoms with Gasteiger partial charge in [0.05, 0.1) is 18.8 Å². The lowest BCUT2D eigenvalue weighted by molar-refractivity contribution is -0.143. The second-order valence-corrected chi connectivity index (χ2v) is 5.15. The summed E-state index contributed by atoms with van der Waals surface area (Å²) in [6.07, 6.45) is -1.84. The molecule has 1 heterocycles. The standard InChI is InChI=1S/C15H24F3N5/c1-3-19-14(22-11-13-7-4-5-8-20-13)21-9-6-10-23(2)12-15(16,17)18/h4-5,7-8H,3,6,9-12H2,1-2H3,(H2,19,21,22). The van der Waals surface area contributed by atoms with Crippen LogP contribution >= 0.6 is 0 Å². The molecule has 1 aromatic heterocycles. The minimum Gasteiger partial charge on any atom is -0.357 e. The number of guanidine groups is 1. The van der Waals surface area contributed by atoms with Crippen molar-refractivity contribution < 1.29 is 13.2 Å². The third-order valence-electron chi connectivity index (χ3n) is 2.93. The van der Waals surface area contributed by atoms with Gasteiger partial charge in [-0.05, 0) is 39.1 Å².